The highest BCUT2D eigenvalue weighted by molar-refractivity contribution is 5.93. The Morgan fingerprint density at radius 2 is 2.36 bits per heavy atom. The van der Waals surface area contributed by atoms with Crippen molar-refractivity contribution in [3.8, 4) is 11.8 Å². The summed E-state index contributed by atoms with van der Waals surface area (Å²) >= 11 is 0. The molecule has 2 aromatic rings. The Morgan fingerprint density at radius 1 is 1.55 bits per heavy atom. The molecule has 1 saturated carbocycles. The van der Waals surface area contributed by atoms with Crippen molar-refractivity contribution in [3.63, 3.8) is 0 Å². The van der Waals surface area contributed by atoms with Gasteiger partial charge in [0, 0.05) is 17.1 Å². The molecule has 5 heteroatoms. The summed E-state index contributed by atoms with van der Waals surface area (Å²) in [5.41, 5.74) is 1.84. The van der Waals surface area contributed by atoms with Crippen LogP contribution in [0, 0.1) is 17.2 Å². The number of aromatic amines is 1. The normalized spacial score (nSPS) is 15.3. The molecule has 1 aromatic carbocycles. The first kappa shape index (κ1) is 14.5. The number of nitrogens with one attached hydrogen (secondary N) is 2. The number of rotatable bonds is 6. The molecular weight excluding hydrogens is 278 g/mol. The second kappa shape index (κ2) is 6.10. The first-order chi connectivity index (χ1) is 10.7. The van der Waals surface area contributed by atoms with Crippen molar-refractivity contribution in [3.05, 3.63) is 30.0 Å². The second-order valence-corrected chi connectivity index (χ2v) is 5.61. The van der Waals surface area contributed by atoms with Crippen molar-refractivity contribution in [2.24, 2.45) is 5.92 Å². The first-order valence-corrected chi connectivity index (χ1v) is 7.63. The monoisotopic (exact) mass is 297 g/mol. The van der Waals surface area contributed by atoms with E-state index in [4.69, 9.17) is 10.00 Å². The molecule has 0 aliphatic heterocycles. The number of fused-ring (bicyclic) bond motifs is 1. The molecule has 22 heavy (non-hydrogen) atoms. The zero-order chi connectivity index (χ0) is 15.5. The van der Waals surface area contributed by atoms with Gasteiger partial charge in [-0.05, 0) is 43.4 Å². The van der Waals surface area contributed by atoms with Gasteiger partial charge in [0.1, 0.15) is 11.8 Å². The van der Waals surface area contributed by atoms with Gasteiger partial charge in [0.25, 0.3) is 0 Å². The van der Waals surface area contributed by atoms with Crippen molar-refractivity contribution < 1.29 is 9.53 Å². The van der Waals surface area contributed by atoms with Crippen LogP contribution in [0.5, 0.6) is 5.75 Å². The van der Waals surface area contributed by atoms with Crippen LogP contribution in [0.3, 0.4) is 0 Å². The van der Waals surface area contributed by atoms with Crippen molar-refractivity contribution in [1.29, 1.82) is 5.26 Å². The molecule has 0 radical (unpaired) electrons. The first-order valence-electron chi connectivity index (χ1n) is 7.63. The van der Waals surface area contributed by atoms with Gasteiger partial charge in [-0.1, -0.05) is 6.07 Å². The fraction of sp³-hybridized carbons (Fsp3) is 0.412. The van der Waals surface area contributed by atoms with E-state index in [1.165, 1.54) is 0 Å². The van der Waals surface area contributed by atoms with Crippen molar-refractivity contribution >= 4 is 16.8 Å². The van der Waals surface area contributed by atoms with Gasteiger partial charge < -0.3 is 15.0 Å². The number of H-pyrrole nitrogens is 1. The number of amides is 1. The van der Waals surface area contributed by atoms with Crippen LogP contribution in [-0.4, -0.2) is 23.5 Å². The highest BCUT2D eigenvalue weighted by atomic mass is 16.5. The van der Waals surface area contributed by atoms with E-state index in [2.05, 4.69) is 16.4 Å². The van der Waals surface area contributed by atoms with Gasteiger partial charge in [0.05, 0.1) is 19.1 Å². The molecule has 3 rings (SSSR count). The minimum atomic E-state index is -0.357. The zero-order valence-electron chi connectivity index (χ0n) is 12.6. The molecule has 1 heterocycles. The number of ether oxygens (including phenoxy) is 1. The van der Waals surface area contributed by atoms with Gasteiger partial charge in [-0.2, -0.15) is 5.26 Å². The maximum atomic E-state index is 12.2. The molecule has 114 valence electrons. The van der Waals surface area contributed by atoms with Crippen LogP contribution in [-0.2, 0) is 11.2 Å². The Balaban J connectivity index is 1.78. The van der Waals surface area contributed by atoms with Crippen molar-refractivity contribution in [2.75, 3.05) is 6.61 Å². The number of aromatic nitrogens is 1. The summed E-state index contributed by atoms with van der Waals surface area (Å²) in [4.78, 5) is 15.4. The van der Waals surface area contributed by atoms with E-state index in [-0.39, 0.29) is 18.4 Å². The van der Waals surface area contributed by atoms with Crippen molar-refractivity contribution in [2.45, 2.75) is 32.2 Å². The van der Waals surface area contributed by atoms with Crippen LogP contribution in [0.4, 0.5) is 0 Å². The lowest BCUT2D eigenvalue weighted by atomic mass is 10.1. The Bertz CT molecular complexity index is 725. The zero-order valence-corrected chi connectivity index (χ0v) is 12.6. The van der Waals surface area contributed by atoms with Crippen LogP contribution in [0.15, 0.2) is 24.4 Å². The largest absolute Gasteiger partial charge is 0.493 e. The molecule has 5 nitrogen and oxygen atoms in total. The predicted molar refractivity (Wildman–Crippen MR) is 83.4 cm³/mol. The maximum Gasteiger partial charge on any atom is 0.225 e. The van der Waals surface area contributed by atoms with E-state index in [9.17, 15) is 4.79 Å². The van der Waals surface area contributed by atoms with E-state index in [1.807, 2.05) is 31.3 Å². The van der Waals surface area contributed by atoms with E-state index < -0.39 is 0 Å². The summed E-state index contributed by atoms with van der Waals surface area (Å²) in [5, 5.41) is 12.9. The van der Waals surface area contributed by atoms with Gasteiger partial charge >= 0.3 is 0 Å². The van der Waals surface area contributed by atoms with Crippen LogP contribution < -0.4 is 10.1 Å². The third-order valence-electron chi connectivity index (χ3n) is 3.95. The molecule has 1 aliphatic carbocycles. The van der Waals surface area contributed by atoms with E-state index in [0.29, 0.717) is 12.5 Å². The molecule has 1 aromatic heterocycles. The van der Waals surface area contributed by atoms with Gasteiger partial charge in [-0.15, -0.1) is 0 Å². The number of hydrogen-bond acceptors (Lipinski definition) is 3. The van der Waals surface area contributed by atoms with Gasteiger partial charge in [-0.25, -0.2) is 0 Å². The highest BCUT2D eigenvalue weighted by Crippen LogP contribution is 2.32. The van der Waals surface area contributed by atoms with Crippen LogP contribution in [0.25, 0.3) is 10.9 Å². The molecule has 0 bridgehead atoms. The Hall–Kier alpha value is -2.48. The molecule has 1 fully saturated rings. The summed E-state index contributed by atoms with van der Waals surface area (Å²) < 4.78 is 5.65. The lowest BCUT2D eigenvalue weighted by molar-refractivity contribution is -0.120. The number of benzene rings is 1. The standard InChI is InChI=1S/C17H19N3O2/c1-2-22-15-5-3-4-13-17(15)12(10-19-13)8-16(21)20-14(9-18)11-6-7-11/h3-5,10-11,14,19H,2,6-8H2,1H3,(H,20,21). The Labute approximate surface area is 129 Å². The minimum Gasteiger partial charge on any atom is -0.493 e. The van der Waals surface area contributed by atoms with E-state index >= 15 is 0 Å². The summed E-state index contributed by atoms with van der Waals surface area (Å²) in [6.07, 6.45) is 4.14. The van der Waals surface area contributed by atoms with E-state index in [1.54, 1.807) is 0 Å². The summed E-state index contributed by atoms with van der Waals surface area (Å²) in [7, 11) is 0. The summed E-state index contributed by atoms with van der Waals surface area (Å²) in [5.74, 6) is 0.990. The smallest absolute Gasteiger partial charge is 0.225 e. The van der Waals surface area contributed by atoms with Crippen LogP contribution in [0.1, 0.15) is 25.3 Å². The fourth-order valence-electron chi connectivity index (χ4n) is 2.72. The number of carbonyl (C=O) groups is 1. The lowest BCUT2D eigenvalue weighted by Crippen LogP contribution is -2.36. The maximum absolute atomic E-state index is 12.2. The second-order valence-electron chi connectivity index (χ2n) is 5.61. The fourth-order valence-corrected chi connectivity index (χ4v) is 2.72. The van der Waals surface area contributed by atoms with Crippen molar-refractivity contribution in [1.82, 2.24) is 10.3 Å². The van der Waals surface area contributed by atoms with Gasteiger partial charge in [-0.3, -0.25) is 4.79 Å². The molecule has 0 saturated heterocycles. The highest BCUT2D eigenvalue weighted by Gasteiger charge is 2.32. The van der Waals surface area contributed by atoms with Crippen LogP contribution in [0.2, 0.25) is 0 Å². The SMILES string of the molecule is CCOc1cccc2[nH]cc(CC(=O)NC(C#N)C3CC3)c12. The average Bonchev–Trinajstić information content (AvgIpc) is 3.28. The van der Waals surface area contributed by atoms with Crippen LogP contribution >= 0.6 is 0 Å². The summed E-state index contributed by atoms with van der Waals surface area (Å²) in [6.45, 7) is 2.51. The molecule has 1 amide bonds. The molecule has 1 atom stereocenters. The number of hydrogen-bond donors (Lipinski definition) is 2. The molecule has 0 spiro atoms. The van der Waals surface area contributed by atoms with Gasteiger partial charge in [0.15, 0.2) is 0 Å². The predicted octanol–water partition coefficient (Wildman–Crippen LogP) is 2.53. The summed E-state index contributed by atoms with van der Waals surface area (Å²) in [6, 6.07) is 7.61. The molecule has 1 unspecified atom stereocenters. The molecule has 2 N–H and O–H groups in total. The topological polar surface area (TPSA) is 77.9 Å². The third kappa shape index (κ3) is 2.91. The number of nitriles is 1. The molecular formula is C17H19N3O2. The number of nitrogens with zero attached hydrogens (tertiary/aromatic N) is 1. The quantitative estimate of drug-likeness (QED) is 0.860. The van der Waals surface area contributed by atoms with Gasteiger partial charge in [0.2, 0.25) is 5.91 Å². The Morgan fingerprint density at radius 3 is 3.05 bits per heavy atom. The molecule has 1 aliphatic rings. The third-order valence-corrected chi connectivity index (χ3v) is 3.95. The van der Waals surface area contributed by atoms with E-state index in [0.717, 1.165) is 35.1 Å². The average molecular weight is 297 g/mol. The minimum absolute atomic E-state index is 0.120. The Kier molecular flexibility index (Phi) is 4.01. The number of carbonyl (C=O) groups excluding carboxylic acids is 1. The lowest BCUT2D eigenvalue weighted by Gasteiger charge is -2.11.